The Morgan fingerprint density at radius 2 is 1.61 bits per heavy atom. The van der Waals surface area contributed by atoms with Crippen molar-refractivity contribution in [3.05, 3.63) is 47.7 Å². The molecule has 1 heterocycles. The molecule has 0 bridgehead atoms. The third kappa shape index (κ3) is 5.43. The molecule has 2 rings (SSSR count). The molecule has 0 saturated carbocycles. The van der Waals surface area contributed by atoms with E-state index in [2.05, 4.69) is 54.1 Å². The van der Waals surface area contributed by atoms with Crippen LogP contribution >= 0.6 is 0 Å². The van der Waals surface area contributed by atoms with Crippen LogP contribution in [0.4, 0.5) is 0 Å². The predicted octanol–water partition coefficient (Wildman–Crippen LogP) is 4.51. The minimum atomic E-state index is 0.963. The Morgan fingerprint density at radius 3 is 2.22 bits per heavy atom. The molecule has 124 valence electrons. The van der Waals surface area contributed by atoms with Gasteiger partial charge in [0.15, 0.2) is 0 Å². The van der Waals surface area contributed by atoms with Crippen LogP contribution in [-0.2, 0) is 6.42 Å². The van der Waals surface area contributed by atoms with Crippen LogP contribution in [0.5, 0.6) is 0 Å². The van der Waals surface area contributed by atoms with E-state index in [9.17, 15) is 0 Å². The van der Waals surface area contributed by atoms with Gasteiger partial charge in [-0.15, -0.1) is 0 Å². The largest absolute Gasteiger partial charge is 0.303 e. The third-order valence-electron chi connectivity index (χ3n) is 4.12. The zero-order chi connectivity index (χ0) is 16.5. The lowest BCUT2D eigenvalue weighted by atomic mass is 10.1. The summed E-state index contributed by atoms with van der Waals surface area (Å²) in [6, 6.07) is 12.4. The Hall–Kier alpha value is -1.74. The lowest BCUT2D eigenvalue weighted by Crippen LogP contribution is -2.27. The maximum absolute atomic E-state index is 4.47. The van der Waals surface area contributed by atoms with Crippen molar-refractivity contribution in [2.24, 2.45) is 0 Å². The lowest BCUT2D eigenvalue weighted by Gasteiger charge is -2.20. The normalized spacial score (nSPS) is 11.1. The highest BCUT2D eigenvalue weighted by atomic mass is 15.1. The fourth-order valence-corrected chi connectivity index (χ4v) is 2.95. The fraction of sp³-hybridized carbons (Fsp3) is 0.500. The lowest BCUT2D eigenvalue weighted by molar-refractivity contribution is 0.271. The molecule has 1 aromatic heterocycles. The number of aryl methyl sites for hydroxylation is 2. The molecule has 23 heavy (non-hydrogen) atoms. The van der Waals surface area contributed by atoms with Crippen molar-refractivity contribution in [1.82, 2.24) is 15.1 Å². The van der Waals surface area contributed by atoms with Crippen molar-refractivity contribution < 1.29 is 0 Å². The summed E-state index contributed by atoms with van der Waals surface area (Å²) in [6.07, 6.45) is 4.62. The smallest absolute Gasteiger partial charge is 0.0932 e. The molecule has 0 aliphatic heterocycles. The summed E-state index contributed by atoms with van der Waals surface area (Å²) < 4.78 is 0. The van der Waals surface area contributed by atoms with E-state index in [0.717, 1.165) is 36.3 Å². The zero-order valence-electron chi connectivity index (χ0n) is 14.8. The highest BCUT2D eigenvalue weighted by molar-refractivity contribution is 5.59. The quantitative estimate of drug-likeness (QED) is 0.682. The summed E-state index contributed by atoms with van der Waals surface area (Å²) in [7, 11) is 0. The Labute approximate surface area is 140 Å². The number of benzene rings is 1. The molecule has 0 radical (unpaired) electrons. The average Bonchev–Trinajstić information content (AvgIpc) is 2.57. The van der Waals surface area contributed by atoms with E-state index in [1.165, 1.54) is 31.5 Å². The van der Waals surface area contributed by atoms with Crippen LogP contribution in [0.2, 0.25) is 0 Å². The number of hydrogen-bond acceptors (Lipinski definition) is 3. The van der Waals surface area contributed by atoms with Gasteiger partial charge in [0.05, 0.1) is 11.4 Å². The molecule has 0 aliphatic rings. The summed E-state index contributed by atoms with van der Waals surface area (Å²) >= 11 is 0. The van der Waals surface area contributed by atoms with E-state index in [4.69, 9.17) is 0 Å². The molecule has 3 nitrogen and oxygen atoms in total. The standard InChI is InChI=1S/C20H29N3/c1-4-13-23(14-5-2)15-9-12-19-17(3)16-20(22-21-19)18-10-7-6-8-11-18/h6-8,10-11,16H,4-5,9,12-15H2,1-3H3. The molecular weight excluding hydrogens is 282 g/mol. The minimum Gasteiger partial charge on any atom is -0.303 e. The molecule has 3 heteroatoms. The average molecular weight is 311 g/mol. The molecule has 0 amide bonds. The number of aromatic nitrogens is 2. The van der Waals surface area contributed by atoms with Crippen molar-refractivity contribution in [2.75, 3.05) is 19.6 Å². The maximum Gasteiger partial charge on any atom is 0.0932 e. The van der Waals surface area contributed by atoms with Crippen LogP contribution in [0, 0.1) is 6.92 Å². The molecule has 0 N–H and O–H groups in total. The van der Waals surface area contributed by atoms with Crippen molar-refractivity contribution in [3.63, 3.8) is 0 Å². The molecule has 0 atom stereocenters. The van der Waals surface area contributed by atoms with E-state index in [-0.39, 0.29) is 0 Å². The Bertz CT molecular complexity index is 575. The van der Waals surface area contributed by atoms with Gasteiger partial charge in [-0.2, -0.15) is 10.2 Å². The minimum absolute atomic E-state index is 0.963. The van der Waals surface area contributed by atoms with Gasteiger partial charge >= 0.3 is 0 Å². The Kier molecular flexibility index (Phi) is 7.21. The first-order valence-corrected chi connectivity index (χ1v) is 8.85. The second kappa shape index (κ2) is 9.41. The van der Waals surface area contributed by atoms with Crippen LogP contribution in [0.1, 0.15) is 44.4 Å². The van der Waals surface area contributed by atoms with Gasteiger partial charge in [0.25, 0.3) is 0 Å². The van der Waals surface area contributed by atoms with Crippen LogP contribution in [0.15, 0.2) is 36.4 Å². The molecule has 0 fully saturated rings. The Balaban J connectivity index is 1.93. The molecule has 0 aliphatic carbocycles. The summed E-state index contributed by atoms with van der Waals surface area (Å²) in [5, 5.41) is 8.89. The first-order chi connectivity index (χ1) is 11.2. The van der Waals surface area contributed by atoms with E-state index >= 15 is 0 Å². The fourth-order valence-electron chi connectivity index (χ4n) is 2.95. The first kappa shape index (κ1) is 17.6. The first-order valence-electron chi connectivity index (χ1n) is 8.85. The van der Waals surface area contributed by atoms with Gasteiger partial charge in [0.1, 0.15) is 0 Å². The second-order valence-corrected chi connectivity index (χ2v) is 6.17. The van der Waals surface area contributed by atoms with Gasteiger partial charge in [-0.3, -0.25) is 0 Å². The second-order valence-electron chi connectivity index (χ2n) is 6.17. The summed E-state index contributed by atoms with van der Waals surface area (Å²) in [4.78, 5) is 2.56. The van der Waals surface area contributed by atoms with Gasteiger partial charge in [-0.25, -0.2) is 0 Å². The number of hydrogen-bond donors (Lipinski definition) is 0. The molecule has 2 aromatic rings. The third-order valence-corrected chi connectivity index (χ3v) is 4.12. The molecule has 0 unspecified atom stereocenters. The van der Waals surface area contributed by atoms with Crippen LogP contribution in [0.25, 0.3) is 11.3 Å². The van der Waals surface area contributed by atoms with E-state index < -0.39 is 0 Å². The van der Waals surface area contributed by atoms with Crippen molar-refractivity contribution >= 4 is 0 Å². The monoisotopic (exact) mass is 311 g/mol. The number of nitrogens with zero attached hydrogens (tertiary/aromatic N) is 3. The highest BCUT2D eigenvalue weighted by Crippen LogP contribution is 2.18. The Morgan fingerprint density at radius 1 is 0.913 bits per heavy atom. The molecule has 0 saturated heterocycles. The predicted molar refractivity (Wildman–Crippen MR) is 97.5 cm³/mol. The van der Waals surface area contributed by atoms with Crippen LogP contribution in [-0.4, -0.2) is 34.7 Å². The van der Waals surface area contributed by atoms with Crippen molar-refractivity contribution in [1.29, 1.82) is 0 Å². The van der Waals surface area contributed by atoms with Gasteiger partial charge < -0.3 is 4.90 Å². The topological polar surface area (TPSA) is 29.0 Å². The van der Waals surface area contributed by atoms with E-state index in [1.807, 2.05) is 18.2 Å². The van der Waals surface area contributed by atoms with Gasteiger partial charge in [-0.1, -0.05) is 44.2 Å². The van der Waals surface area contributed by atoms with Gasteiger partial charge in [-0.05, 0) is 63.9 Å². The van der Waals surface area contributed by atoms with Crippen molar-refractivity contribution in [2.45, 2.75) is 46.5 Å². The van der Waals surface area contributed by atoms with Crippen LogP contribution < -0.4 is 0 Å². The SMILES string of the molecule is CCCN(CCC)CCCc1nnc(-c2ccccc2)cc1C. The summed E-state index contributed by atoms with van der Waals surface area (Å²) in [5.41, 5.74) is 4.48. The molecule has 0 spiro atoms. The number of rotatable bonds is 9. The molecular formula is C20H29N3. The maximum atomic E-state index is 4.47. The van der Waals surface area contributed by atoms with Gasteiger partial charge in [0.2, 0.25) is 0 Å². The summed E-state index contributed by atoms with van der Waals surface area (Å²) in [6.45, 7) is 10.2. The van der Waals surface area contributed by atoms with E-state index in [1.54, 1.807) is 0 Å². The highest BCUT2D eigenvalue weighted by Gasteiger charge is 2.07. The van der Waals surface area contributed by atoms with Gasteiger partial charge in [0, 0.05) is 5.56 Å². The molecule has 1 aromatic carbocycles. The van der Waals surface area contributed by atoms with E-state index in [0.29, 0.717) is 0 Å². The van der Waals surface area contributed by atoms with Crippen LogP contribution in [0.3, 0.4) is 0 Å². The van der Waals surface area contributed by atoms with Crippen molar-refractivity contribution in [3.8, 4) is 11.3 Å². The zero-order valence-corrected chi connectivity index (χ0v) is 14.8. The summed E-state index contributed by atoms with van der Waals surface area (Å²) in [5.74, 6) is 0.